The van der Waals surface area contributed by atoms with E-state index in [-0.39, 0.29) is 6.54 Å². The van der Waals surface area contributed by atoms with Crippen LogP contribution in [0.15, 0.2) is 22.0 Å². The van der Waals surface area contributed by atoms with Crippen LogP contribution in [0.3, 0.4) is 0 Å². The molecule has 7 heteroatoms. The predicted octanol–water partition coefficient (Wildman–Crippen LogP) is 2.09. The normalized spacial score (nSPS) is 11.1. The van der Waals surface area contributed by atoms with Gasteiger partial charge in [-0.15, -0.1) is 11.3 Å². The van der Waals surface area contributed by atoms with E-state index >= 15 is 0 Å². The second-order valence-electron chi connectivity index (χ2n) is 4.09. The van der Waals surface area contributed by atoms with Gasteiger partial charge in [0, 0.05) is 0 Å². The van der Waals surface area contributed by atoms with Gasteiger partial charge in [0.2, 0.25) is 11.7 Å². The van der Waals surface area contributed by atoms with Gasteiger partial charge in [0.25, 0.3) is 0 Å². The molecule has 0 aromatic carbocycles. The van der Waals surface area contributed by atoms with Crippen LogP contribution in [0.4, 0.5) is 0 Å². The van der Waals surface area contributed by atoms with Crippen molar-refractivity contribution in [2.45, 2.75) is 19.9 Å². The molecule has 0 atom stereocenters. The third-order valence-electron chi connectivity index (χ3n) is 2.47. The Balaban J connectivity index is 2.03. The number of thiophene rings is 1. The summed E-state index contributed by atoms with van der Waals surface area (Å²) in [6.45, 7) is 3.02. The fourth-order valence-electron chi connectivity index (χ4n) is 1.74. The van der Waals surface area contributed by atoms with Gasteiger partial charge < -0.3 is 9.63 Å². The minimum atomic E-state index is -0.855. The van der Waals surface area contributed by atoms with Crippen molar-refractivity contribution in [1.82, 2.24) is 15.0 Å². The first kappa shape index (κ1) is 13.7. The lowest BCUT2D eigenvalue weighted by atomic mass is 10.4. The Hall–Kier alpha value is -1.73. The summed E-state index contributed by atoms with van der Waals surface area (Å²) in [6.07, 6.45) is 0.874. The fraction of sp³-hybridized carbons (Fsp3) is 0.417. The van der Waals surface area contributed by atoms with E-state index in [0.717, 1.165) is 11.3 Å². The highest BCUT2D eigenvalue weighted by atomic mass is 32.1. The summed E-state index contributed by atoms with van der Waals surface area (Å²) in [4.78, 5) is 17.8. The number of rotatable bonds is 7. The molecular weight excluding hydrogens is 266 g/mol. The van der Waals surface area contributed by atoms with Gasteiger partial charge in [-0.05, 0) is 24.4 Å². The van der Waals surface area contributed by atoms with E-state index in [4.69, 9.17) is 9.63 Å². The van der Waals surface area contributed by atoms with E-state index in [2.05, 4.69) is 10.1 Å². The molecule has 0 aliphatic rings. The molecule has 2 aromatic rings. The van der Waals surface area contributed by atoms with E-state index < -0.39 is 5.97 Å². The van der Waals surface area contributed by atoms with Crippen LogP contribution in [0, 0.1) is 0 Å². The second-order valence-corrected chi connectivity index (χ2v) is 5.04. The van der Waals surface area contributed by atoms with Crippen molar-refractivity contribution in [3.05, 3.63) is 23.4 Å². The van der Waals surface area contributed by atoms with E-state index in [9.17, 15) is 4.79 Å². The Bertz CT molecular complexity index is 524. The van der Waals surface area contributed by atoms with Crippen LogP contribution in [0.5, 0.6) is 0 Å². The van der Waals surface area contributed by atoms with Crippen molar-refractivity contribution >= 4 is 17.3 Å². The Morgan fingerprint density at radius 2 is 2.42 bits per heavy atom. The zero-order valence-electron chi connectivity index (χ0n) is 10.6. The molecule has 0 unspecified atom stereocenters. The molecule has 0 amide bonds. The molecule has 2 rings (SSSR count). The molecule has 0 fully saturated rings. The SMILES string of the molecule is CCCN(CC(=O)O)Cc1nc(-c2cccs2)no1. The van der Waals surface area contributed by atoms with Crippen molar-refractivity contribution in [1.29, 1.82) is 0 Å². The molecular formula is C12H15N3O3S. The summed E-state index contributed by atoms with van der Waals surface area (Å²) in [5.41, 5.74) is 0. The number of carboxylic acid groups (broad SMARTS) is 1. The Morgan fingerprint density at radius 3 is 3.05 bits per heavy atom. The molecule has 0 spiro atoms. The largest absolute Gasteiger partial charge is 0.480 e. The highest BCUT2D eigenvalue weighted by Gasteiger charge is 2.15. The van der Waals surface area contributed by atoms with Gasteiger partial charge in [0.05, 0.1) is 18.0 Å². The van der Waals surface area contributed by atoms with Gasteiger partial charge in [0.15, 0.2) is 0 Å². The van der Waals surface area contributed by atoms with Crippen molar-refractivity contribution in [2.24, 2.45) is 0 Å². The number of nitrogens with zero attached hydrogens (tertiary/aromatic N) is 3. The standard InChI is InChI=1S/C12H15N3O3S/c1-2-5-15(8-11(16)17)7-10-13-12(14-18-10)9-4-3-6-19-9/h3-4,6H,2,5,7-8H2,1H3,(H,16,17). The van der Waals surface area contributed by atoms with Crippen molar-refractivity contribution in [3.63, 3.8) is 0 Å². The predicted molar refractivity (Wildman–Crippen MR) is 70.8 cm³/mol. The van der Waals surface area contributed by atoms with Crippen LogP contribution in [0.25, 0.3) is 10.7 Å². The van der Waals surface area contributed by atoms with E-state index in [1.165, 1.54) is 11.3 Å². The Labute approximate surface area is 114 Å². The van der Waals surface area contributed by atoms with Crippen LogP contribution in [0.2, 0.25) is 0 Å². The highest BCUT2D eigenvalue weighted by Crippen LogP contribution is 2.21. The average Bonchev–Trinajstić information content (AvgIpc) is 2.97. The summed E-state index contributed by atoms with van der Waals surface area (Å²) in [5.74, 6) is 0.140. The number of hydrogen-bond acceptors (Lipinski definition) is 6. The quantitative estimate of drug-likeness (QED) is 0.837. The van der Waals surface area contributed by atoms with E-state index in [1.807, 2.05) is 24.4 Å². The van der Waals surface area contributed by atoms with Gasteiger partial charge in [-0.25, -0.2) is 0 Å². The van der Waals surface area contributed by atoms with Crippen LogP contribution in [-0.2, 0) is 11.3 Å². The molecule has 102 valence electrons. The van der Waals surface area contributed by atoms with Crippen LogP contribution < -0.4 is 0 Å². The molecule has 19 heavy (non-hydrogen) atoms. The van der Waals surface area contributed by atoms with Gasteiger partial charge in [-0.3, -0.25) is 9.69 Å². The topological polar surface area (TPSA) is 79.5 Å². The average molecular weight is 281 g/mol. The first-order valence-electron chi connectivity index (χ1n) is 5.99. The number of aliphatic carboxylic acids is 1. The highest BCUT2D eigenvalue weighted by molar-refractivity contribution is 7.13. The first-order chi connectivity index (χ1) is 9.19. The number of carbonyl (C=O) groups is 1. The van der Waals surface area contributed by atoms with Gasteiger partial charge in [-0.1, -0.05) is 18.1 Å². The summed E-state index contributed by atoms with van der Waals surface area (Å²) in [5, 5.41) is 14.7. The number of carboxylic acids is 1. The first-order valence-corrected chi connectivity index (χ1v) is 6.87. The van der Waals surface area contributed by atoms with Crippen LogP contribution in [-0.4, -0.2) is 39.2 Å². The molecule has 2 heterocycles. The zero-order chi connectivity index (χ0) is 13.7. The molecule has 2 aromatic heterocycles. The molecule has 0 saturated carbocycles. The van der Waals surface area contributed by atoms with E-state index in [0.29, 0.717) is 24.8 Å². The zero-order valence-corrected chi connectivity index (χ0v) is 11.4. The minimum Gasteiger partial charge on any atom is -0.480 e. The molecule has 0 saturated heterocycles. The smallest absolute Gasteiger partial charge is 0.317 e. The molecule has 0 bridgehead atoms. The van der Waals surface area contributed by atoms with Crippen LogP contribution in [0.1, 0.15) is 19.2 Å². The summed E-state index contributed by atoms with van der Waals surface area (Å²) in [7, 11) is 0. The van der Waals surface area contributed by atoms with E-state index in [1.54, 1.807) is 4.90 Å². The maximum Gasteiger partial charge on any atom is 0.317 e. The van der Waals surface area contributed by atoms with Crippen molar-refractivity contribution < 1.29 is 14.4 Å². The lowest BCUT2D eigenvalue weighted by molar-refractivity contribution is -0.138. The summed E-state index contributed by atoms with van der Waals surface area (Å²) < 4.78 is 5.16. The fourth-order valence-corrected chi connectivity index (χ4v) is 2.39. The van der Waals surface area contributed by atoms with Crippen LogP contribution >= 0.6 is 11.3 Å². The molecule has 0 aliphatic heterocycles. The molecule has 0 aliphatic carbocycles. The monoisotopic (exact) mass is 281 g/mol. The summed E-state index contributed by atoms with van der Waals surface area (Å²) in [6, 6.07) is 3.84. The lowest BCUT2D eigenvalue weighted by Crippen LogP contribution is -2.30. The minimum absolute atomic E-state index is 0.0233. The van der Waals surface area contributed by atoms with Gasteiger partial charge in [-0.2, -0.15) is 4.98 Å². The Kier molecular flexibility index (Phi) is 4.64. The van der Waals surface area contributed by atoms with Gasteiger partial charge >= 0.3 is 5.97 Å². The number of aromatic nitrogens is 2. The summed E-state index contributed by atoms with van der Waals surface area (Å²) >= 11 is 1.54. The third kappa shape index (κ3) is 3.87. The Morgan fingerprint density at radius 1 is 1.58 bits per heavy atom. The lowest BCUT2D eigenvalue weighted by Gasteiger charge is -2.16. The molecule has 6 nitrogen and oxygen atoms in total. The molecule has 1 N–H and O–H groups in total. The second kappa shape index (κ2) is 6.44. The maximum atomic E-state index is 10.8. The number of hydrogen-bond donors (Lipinski definition) is 1. The van der Waals surface area contributed by atoms with Crippen molar-refractivity contribution in [3.8, 4) is 10.7 Å². The third-order valence-corrected chi connectivity index (χ3v) is 3.33. The van der Waals surface area contributed by atoms with Crippen molar-refractivity contribution in [2.75, 3.05) is 13.1 Å². The maximum absolute atomic E-state index is 10.8. The van der Waals surface area contributed by atoms with Gasteiger partial charge in [0.1, 0.15) is 0 Å². The molecule has 0 radical (unpaired) electrons.